The molecule has 120 valence electrons. The van der Waals surface area contributed by atoms with Crippen LogP contribution in [0.15, 0.2) is 0 Å². The van der Waals surface area contributed by atoms with E-state index >= 15 is 0 Å². The van der Waals surface area contributed by atoms with E-state index in [9.17, 15) is 9.59 Å². The van der Waals surface area contributed by atoms with Crippen LogP contribution < -0.4 is 5.32 Å². The molecule has 0 aromatic heterocycles. The summed E-state index contributed by atoms with van der Waals surface area (Å²) in [5.74, 6) is 0.858. The van der Waals surface area contributed by atoms with Crippen molar-refractivity contribution in [1.29, 1.82) is 0 Å². The Morgan fingerprint density at radius 3 is 2.38 bits per heavy atom. The fraction of sp³-hybridized carbons (Fsp3) is 0.867. The van der Waals surface area contributed by atoms with Gasteiger partial charge in [-0.25, -0.2) is 4.79 Å². The Bertz CT molecular complexity index is 351. The summed E-state index contributed by atoms with van der Waals surface area (Å²) in [6, 6.07) is 0.100. The number of halogens is 1. The predicted molar refractivity (Wildman–Crippen MR) is 81.4 cm³/mol. The molecular formula is C15H25ClN2O3. The second kappa shape index (κ2) is 8.47. The molecule has 0 bridgehead atoms. The minimum atomic E-state index is -0.410. The van der Waals surface area contributed by atoms with Crippen molar-refractivity contribution in [3.8, 4) is 0 Å². The van der Waals surface area contributed by atoms with Crippen LogP contribution >= 0.6 is 11.6 Å². The van der Waals surface area contributed by atoms with E-state index in [0.29, 0.717) is 11.8 Å². The second-order valence-corrected chi connectivity index (χ2v) is 6.28. The highest BCUT2D eigenvalue weighted by Gasteiger charge is 2.29. The molecule has 6 heteroatoms. The molecule has 2 rings (SSSR count). The van der Waals surface area contributed by atoms with E-state index in [1.807, 2.05) is 4.90 Å². The maximum absolute atomic E-state index is 12.4. The highest BCUT2D eigenvalue weighted by Crippen LogP contribution is 2.26. The molecular weight excluding hydrogens is 292 g/mol. The van der Waals surface area contributed by atoms with Gasteiger partial charge in [-0.1, -0.05) is 19.3 Å². The third-order valence-corrected chi connectivity index (χ3v) is 4.55. The molecule has 0 aromatic carbocycles. The quantitative estimate of drug-likeness (QED) is 0.811. The highest BCUT2D eigenvalue weighted by atomic mass is 35.5. The van der Waals surface area contributed by atoms with Gasteiger partial charge in [0.15, 0.2) is 0 Å². The first-order valence-electron chi connectivity index (χ1n) is 7.98. The van der Waals surface area contributed by atoms with E-state index in [2.05, 4.69) is 5.32 Å². The van der Waals surface area contributed by atoms with Gasteiger partial charge in [-0.05, 0) is 25.7 Å². The van der Waals surface area contributed by atoms with Crippen molar-refractivity contribution in [3.63, 3.8) is 0 Å². The van der Waals surface area contributed by atoms with Crippen LogP contribution in [0.4, 0.5) is 4.79 Å². The summed E-state index contributed by atoms with van der Waals surface area (Å²) in [6.07, 6.45) is 6.90. The summed E-state index contributed by atoms with van der Waals surface area (Å²) in [5.41, 5.74) is 0. The topological polar surface area (TPSA) is 58.6 Å². The average molecular weight is 317 g/mol. The van der Waals surface area contributed by atoms with Crippen LogP contribution in [0.1, 0.15) is 44.9 Å². The van der Waals surface area contributed by atoms with E-state index in [0.717, 1.165) is 38.8 Å². The van der Waals surface area contributed by atoms with Gasteiger partial charge < -0.3 is 15.0 Å². The first kappa shape index (κ1) is 16.4. The fourth-order valence-electron chi connectivity index (χ4n) is 3.19. The van der Waals surface area contributed by atoms with Gasteiger partial charge in [0.05, 0.1) is 5.88 Å². The SMILES string of the molecule is O=C(NC1CCN(C(=O)C2CCCCC2)CC1)OCCCl. The molecule has 21 heavy (non-hydrogen) atoms. The number of hydrogen-bond donors (Lipinski definition) is 1. The van der Waals surface area contributed by atoms with Crippen molar-refractivity contribution in [2.24, 2.45) is 5.92 Å². The number of hydrogen-bond acceptors (Lipinski definition) is 3. The molecule has 0 atom stereocenters. The summed E-state index contributed by atoms with van der Waals surface area (Å²) < 4.78 is 4.90. The number of carbonyl (C=O) groups is 2. The van der Waals surface area contributed by atoms with Crippen molar-refractivity contribution in [2.45, 2.75) is 51.0 Å². The van der Waals surface area contributed by atoms with E-state index in [1.54, 1.807) is 0 Å². The predicted octanol–water partition coefficient (Wildman–Crippen LogP) is 2.52. The summed E-state index contributed by atoms with van der Waals surface area (Å²) >= 11 is 5.47. The number of nitrogens with one attached hydrogen (secondary N) is 1. The van der Waals surface area contributed by atoms with Gasteiger partial charge in [0.25, 0.3) is 0 Å². The molecule has 5 nitrogen and oxygen atoms in total. The Morgan fingerprint density at radius 1 is 1.10 bits per heavy atom. The lowest BCUT2D eigenvalue weighted by Gasteiger charge is -2.35. The molecule has 2 aliphatic rings. The van der Waals surface area contributed by atoms with Crippen molar-refractivity contribution in [3.05, 3.63) is 0 Å². The molecule has 1 N–H and O–H groups in total. The van der Waals surface area contributed by atoms with Crippen LogP contribution in [0.2, 0.25) is 0 Å². The minimum absolute atomic E-state index is 0.100. The largest absolute Gasteiger partial charge is 0.448 e. The van der Waals surface area contributed by atoms with Crippen LogP contribution in [0.25, 0.3) is 0 Å². The van der Waals surface area contributed by atoms with Crippen molar-refractivity contribution in [2.75, 3.05) is 25.6 Å². The summed E-state index contributed by atoms with van der Waals surface area (Å²) in [6.45, 7) is 1.69. The van der Waals surface area contributed by atoms with Crippen molar-refractivity contribution < 1.29 is 14.3 Å². The molecule has 2 fully saturated rings. The highest BCUT2D eigenvalue weighted by molar-refractivity contribution is 6.18. The van der Waals surface area contributed by atoms with Gasteiger partial charge in [-0.15, -0.1) is 11.6 Å². The standard InChI is InChI=1S/C15H25ClN2O3/c16-8-11-21-15(20)17-13-6-9-18(10-7-13)14(19)12-4-2-1-3-5-12/h12-13H,1-11H2,(H,17,20). The maximum Gasteiger partial charge on any atom is 0.407 e. The van der Waals surface area contributed by atoms with Crippen molar-refractivity contribution in [1.82, 2.24) is 10.2 Å². The number of likely N-dealkylation sites (tertiary alicyclic amines) is 1. The zero-order chi connectivity index (χ0) is 15.1. The van der Waals surface area contributed by atoms with Crippen LogP contribution in [0.5, 0.6) is 0 Å². The number of carbonyl (C=O) groups excluding carboxylic acids is 2. The summed E-state index contributed by atoms with van der Waals surface area (Å²) in [7, 11) is 0. The molecule has 1 aliphatic heterocycles. The van der Waals surface area contributed by atoms with Gasteiger partial charge in [-0.2, -0.15) is 0 Å². The smallest absolute Gasteiger partial charge is 0.407 e. The second-order valence-electron chi connectivity index (χ2n) is 5.90. The lowest BCUT2D eigenvalue weighted by atomic mass is 9.87. The number of alkyl carbamates (subject to hydrolysis) is 1. The molecule has 1 aliphatic carbocycles. The molecule has 1 heterocycles. The molecule has 0 aromatic rings. The third kappa shape index (κ3) is 5.06. The van der Waals surface area contributed by atoms with Gasteiger partial charge >= 0.3 is 6.09 Å². The maximum atomic E-state index is 12.4. The number of nitrogens with zero attached hydrogens (tertiary/aromatic N) is 1. The third-order valence-electron chi connectivity index (χ3n) is 4.39. The Labute approximate surface area is 131 Å². The summed E-state index contributed by atoms with van der Waals surface area (Å²) in [5, 5.41) is 2.83. The first-order valence-corrected chi connectivity index (χ1v) is 8.52. The van der Waals surface area contributed by atoms with Gasteiger partial charge in [-0.3, -0.25) is 4.79 Å². The number of rotatable bonds is 4. The van der Waals surface area contributed by atoms with Gasteiger partial charge in [0, 0.05) is 25.0 Å². The van der Waals surface area contributed by atoms with Crippen LogP contribution in [0.3, 0.4) is 0 Å². The van der Waals surface area contributed by atoms with Crippen LogP contribution in [-0.4, -0.2) is 48.5 Å². The first-order chi connectivity index (χ1) is 10.2. The Balaban J connectivity index is 1.70. The number of piperidine rings is 1. The minimum Gasteiger partial charge on any atom is -0.448 e. The summed E-state index contributed by atoms with van der Waals surface area (Å²) in [4.78, 5) is 25.9. The fourth-order valence-corrected chi connectivity index (χ4v) is 3.27. The normalized spacial score (nSPS) is 21.1. The van der Waals surface area contributed by atoms with E-state index in [-0.39, 0.29) is 18.6 Å². The number of ether oxygens (including phenoxy) is 1. The Kier molecular flexibility index (Phi) is 6.61. The molecule has 2 amide bonds. The lowest BCUT2D eigenvalue weighted by molar-refractivity contribution is -0.137. The van der Waals surface area contributed by atoms with E-state index < -0.39 is 6.09 Å². The van der Waals surface area contributed by atoms with Crippen molar-refractivity contribution >= 4 is 23.6 Å². The Hall–Kier alpha value is -0.970. The zero-order valence-electron chi connectivity index (χ0n) is 12.5. The molecule has 0 radical (unpaired) electrons. The zero-order valence-corrected chi connectivity index (χ0v) is 13.2. The van der Waals surface area contributed by atoms with Gasteiger partial charge in [0.2, 0.25) is 5.91 Å². The average Bonchev–Trinajstić information content (AvgIpc) is 2.54. The van der Waals surface area contributed by atoms with Gasteiger partial charge in [0.1, 0.15) is 6.61 Å². The van der Waals surface area contributed by atoms with E-state index in [1.165, 1.54) is 19.3 Å². The van der Waals surface area contributed by atoms with Crippen LogP contribution in [-0.2, 0) is 9.53 Å². The van der Waals surface area contributed by atoms with E-state index in [4.69, 9.17) is 16.3 Å². The number of amides is 2. The lowest BCUT2D eigenvalue weighted by Crippen LogP contribution is -2.48. The molecule has 0 unspecified atom stereocenters. The monoisotopic (exact) mass is 316 g/mol. The number of alkyl halides is 1. The van der Waals surface area contributed by atoms with Crippen LogP contribution in [0, 0.1) is 5.92 Å². The molecule has 1 saturated heterocycles. The molecule has 1 saturated carbocycles. The molecule has 0 spiro atoms. The Morgan fingerprint density at radius 2 is 1.76 bits per heavy atom.